The number of nitrogens with zero attached hydrogens (tertiary/aromatic N) is 2. The number of fused-ring (bicyclic) bond motifs is 1. The highest BCUT2D eigenvalue weighted by Crippen LogP contribution is 2.29. The summed E-state index contributed by atoms with van der Waals surface area (Å²) < 4.78 is 5.75. The normalized spacial score (nSPS) is 20.9. The Morgan fingerprint density at radius 3 is 2.42 bits per heavy atom. The molecule has 2 aromatic rings. The molecule has 2 aliphatic heterocycles. The van der Waals surface area contributed by atoms with Crippen molar-refractivity contribution in [2.75, 3.05) is 18.1 Å². The average Bonchev–Trinajstić information content (AvgIpc) is 2.77. The number of anilines is 1. The fourth-order valence-corrected chi connectivity index (χ4v) is 4.92. The Morgan fingerprint density at radius 1 is 1.00 bits per heavy atom. The Bertz CT molecular complexity index is 944. The molecule has 0 bridgehead atoms. The first kappa shape index (κ1) is 21.4. The summed E-state index contributed by atoms with van der Waals surface area (Å²) >= 11 is 0. The van der Waals surface area contributed by atoms with Crippen LogP contribution in [0.15, 0.2) is 42.5 Å². The highest BCUT2D eigenvalue weighted by atomic mass is 16.5. The molecule has 2 unspecified atom stereocenters. The van der Waals surface area contributed by atoms with Crippen molar-refractivity contribution in [3.05, 3.63) is 59.2 Å². The zero-order chi connectivity index (χ0) is 22.0. The third kappa shape index (κ3) is 4.60. The minimum Gasteiger partial charge on any atom is -0.484 e. The maximum atomic E-state index is 13.1. The third-order valence-electron chi connectivity index (χ3n) is 6.54. The summed E-state index contributed by atoms with van der Waals surface area (Å²) in [7, 11) is 0. The van der Waals surface area contributed by atoms with Crippen LogP contribution < -0.4 is 9.64 Å². The van der Waals surface area contributed by atoms with Crippen molar-refractivity contribution in [3.8, 4) is 5.75 Å². The van der Waals surface area contributed by atoms with Gasteiger partial charge in [0.2, 0.25) is 0 Å². The van der Waals surface area contributed by atoms with Crippen molar-refractivity contribution >= 4 is 17.5 Å². The molecule has 0 aliphatic carbocycles. The predicted molar refractivity (Wildman–Crippen MR) is 123 cm³/mol. The second kappa shape index (κ2) is 9.13. The third-order valence-corrected chi connectivity index (χ3v) is 6.54. The molecule has 2 atom stereocenters. The van der Waals surface area contributed by atoms with Crippen LogP contribution in [0.1, 0.15) is 61.0 Å². The van der Waals surface area contributed by atoms with Crippen molar-refractivity contribution in [1.29, 1.82) is 0 Å². The van der Waals surface area contributed by atoms with E-state index in [1.54, 1.807) is 24.3 Å². The quantitative estimate of drug-likeness (QED) is 0.717. The Balaban J connectivity index is 1.40. The lowest BCUT2D eigenvalue weighted by Crippen LogP contribution is -2.49. The van der Waals surface area contributed by atoms with Gasteiger partial charge in [-0.3, -0.25) is 9.59 Å². The smallest absolute Gasteiger partial charge is 0.260 e. The molecule has 2 aliphatic rings. The van der Waals surface area contributed by atoms with Gasteiger partial charge in [-0.2, -0.15) is 0 Å². The van der Waals surface area contributed by atoms with Crippen molar-refractivity contribution in [2.45, 2.75) is 65.0 Å². The monoisotopic (exact) mass is 420 g/mol. The van der Waals surface area contributed by atoms with Crippen LogP contribution in [0.2, 0.25) is 0 Å². The molecule has 31 heavy (non-hydrogen) atoms. The van der Waals surface area contributed by atoms with E-state index in [0.29, 0.717) is 11.3 Å². The van der Waals surface area contributed by atoms with E-state index in [9.17, 15) is 9.59 Å². The number of likely N-dealkylation sites (tertiary alicyclic amines) is 1. The number of amides is 2. The van der Waals surface area contributed by atoms with E-state index in [0.717, 1.165) is 37.9 Å². The minimum atomic E-state index is 0.00314. The molecule has 4 rings (SSSR count). The number of carbonyl (C=O) groups is 2. The van der Waals surface area contributed by atoms with E-state index in [1.165, 1.54) is 17.5 Å². The maximum Gasteiger partial charge on any atom is 0.260 e. The largest absolute Gasteiger partial charge is 0.484 e. The van der Waals surface area contributed by atoms with E-state index < -0.39 is 0 Å². The molecule has 1 fully saturated rings. The highest BCUT2D eigenvalue weighted by Gasteiger charge is 2.29. The van der Waals surface area contributed by atoms with E-state index >= 15 is 0 Å². The topological polar surface area (TPSA) is 49.9 Å². The zero-order valence-electron chi connectivity index (χ0n) is 18.8. The van der Waals surface area contributed by atoms with Gasteiger partial charge < -0.3 is 14.5 Å². The number of rotatable bonds is 4. The lowest BCUT2D eigenvalue weighted by atomic mass is 9.97. The lowest BCUT2D eigenvalue weighted by Gasteiger charge is -2.38. The Hall–Kier alpha value is -2.82. The molecule has 5 heteroatoms. The first-order valence-corrected chi connectivity index (χ1v) is 11.4. The second-order valence-corrected chi connectivity index (χ2v) is 8.94. The molecular formula is C26H32N2O3. The summed E-state index contributed by atoms with van der Waals surface area (Å²) in [5.41, 5.74) is 4.10. The van der Waals surface area contributed by atoms with Crippen LogP contribution in [0, 0.1) is 6.92 Å². The molecule has 2 amide bonds. The second-order valence-electron chi connectivity index (χ2n) is 8.94. The number of hydrogen-bond acceptors (Lipinski definition) is 3. The Labute approximate surface area is 185 Å². The number of carbonyl (C=O) groups excluding carboxylic acids is 2. The van der Waals surface area contributed by atoms with Gasteiger partial charge in [-0.15, -0.1) is 0 Å². The summed E-state index contributed by atoms with van der Waals surface area (Å²) in [6.45, 7) is 7.05. The average molecular weight is 421 g/mol. The lowest BCUT2D eigenvalue weighted by molar-refractivity contribution is -0.139. The number of ether oxygens (including phenoxy) is 1. The number of hydrogen-bond donors (Lipinski definition) is 0. The van der Waals surface area contributed by atoms with E-state index in [1.807, 2.05) is 15.9 Å². The molecular weight excluding hydrogens is 388 g/mol. The first-order chi connectivity index (χ1) is 14.9. The SMILES string of the molecule is Cc1ccc2c(c1)CCCN2C(=O)c1ccc(OCC(=O)N2C(C)CCCC2C)cc1. The standard InChI is InChI=1S/C26H32N2O3/c1-18-9-14-24-22(16-18)8-5-15-27(24)26(30)21-10-12-23(13-11-21)31-17-25(29)28-19(2)6-4-7-20(28)3/h9-14,16,19-20H,4-8,15,17H2,1-3H3. The fourth-order valence-electron chi connectivity index (χ4n) is 4.92. The van der Waals surface area contributed by atoms with Gasteiger partial charge >= 0.3 is 0 Å². The Kier molecular flexibility index (Phi) is 6.30. The van der Waals surface area contributed by atoms with Crippen molar-refractivity contribution in [3.63, 3.8) is 0 Å². The summed E-state index contributed by atoms with van der Waals surface area (Å²) in [5, 5.41) is 0. The number of benzene rings is 2. The molecule has 0 saturated carbocycles. The van der Waals surface area contributed by atoms with Crippen LogP contribution in [0.25, 0.3) is 0 Å². The number of piperidine rings is 1. The van der Waals surface area contributed by atoms with E-state index in [4.69, 9.17) is 4.74 Å². The van der Waals surface area contributed by atoms with Crippen LogP contribution >= 0.6 is 0 Å². The summed E-state index contributed by atoms with van der Waals surface area (Å²) in [5.74, 6) is 0.639. The van der Waals surface area contributed by atoms with Gasteiger partial charge in [0.05, 0.1) is 0 Å². The molecule has 2 aromatic carbocycles. The fraction of sp³-hybridized carbons (Fsp3) is 0.462. The van der Waals surface area contributed by atoms with Crippen molar-refractivity contribution in [2.24, 2.45) is 0 Å². The van der Waals surface area contributed by atoms with Gasteiger partial charge in [0, 0.05) is 29.9 Å². The van der Waals surface area contributed by atoms with Gasteiger partial charge in [0.15, 0.2) is 6.61 Å². The van der Waals surface area contributed by atoms with E-state index in [2.05, 4.69) is 32.9 Å². The Morgan fingerprint density at radius 2 is 1.71 bits per heavy atom. The van der Waals surface area contributed by atoms with Gasteiger partial charge in [0.1, 0.15) is 5.75 Å². The molecule has 5 nitrogen and oxygen atoms in total. The van der Waals surface area contributed by atoms with Crippen LogP contribution in [0.4, 0.5) is 5.69 Å². The van der Waals surface area contributed by atoms with Gasteiger partial charge in [0.25, 0.3) is 11.8 Å². The van der Waals surface area contributed by atoms with Gasteiger partial charge in [-0.25, -0.2) is 0 Å². The summed E-state index contributed by atoms with van der Waals surface area (Å²) in [6.07, 6.45) is 5.25. The zero-order valence-corrected chi connectivity index (χ0v) is 18.8. The van der Waals surface area contributed by atoms with E-state index in [-0.39, 0.29) is 30.5 Å². The van der Waals surface area contributed by atoms with Crippen LogP contribution in [0.5, 0.6) is 5.75 Å². The molecule has 0 aromatic heterocycles. The maximum absolute atomic E-state index is 13.1. The molecule has 2 heterocycles. The van der Waals surface area contributed by atoms with Gasteiger partial charge in [-0.1, -0.05) is 17.7 Å². The molecule has 164 valence electrons. The molecule has 0 N–H and O–H groups in total. The molecule has 1 saturated heterocycles. The molecule has 0 radical (unpaired) electrons. The molecule has 0 spiro atoms. The summed E-state index contributed by atoms with van der Waals surface area (Å²) in [4.78, 5) is 29.6. The highest BCUT2D eigenvalue weighted by molar-refractivity contribution is 6.06. The first-order valence-electron chi connectivity index (χ1n) is 11.4. The van der Waals surface area contributed by atoms with Crippen molar-refractivity contribution in [1.82, 2.24) is 4.90 Å². The predicted octanol–water partition coefficient (Wildman–Crippen LogP) is 4.76. The van der Waals surface area contributed by atoms with Crippen LogP contribution in [-0.2, 0) is 11.2 Å². The number of aryl methyl sites for hydroxylation is 2. The summed E-state index contributed by atoms with van der Waals surface area (Å²) in [6, 6.07) is 13.9. The minimum absolute atomic E-state index is 0.00314. The van der Waals surface area contributed by atoms with Crippen molar-refractivity contribution < 1.29 is 14.3 Å². The van der Waals surface area contributed by atoms with Crippen LogP contribution in [-0.4, -0.2) is 41.9 Å². The van der Waals surface area contributed by atoms with Crippen LogP contribution in [0.3, 0.4) is 0 Å². The van der Waals surface area contributed by atoms with Gasteiger partial charge in [-0.05, 0) is 88.8 Å².